The summed E-state index contributed by atoms with van der Waals surface area (Å²) in [5, 5.41) is 8.91. The number of alkyl halides is 2. The quantitative estimate of drug-likeness (QED) is 0.811. The number of halogens is 2. The number of carboxylic acid groups (broad SMARTS) is 1. The molecular formula is C14H21F2NO4. The Morgan fingerprint density at radius 3 is 2.43 bits per heavy atom. The summed E-state index contributed by atoms with van der Waals surface area (Å²) in [7, 11) is 0. The zero-order chi connectivity index (χ0) is 16.5. The molecule has 0 saturated carbocycles. The number of allylic oxidation sites excluding steroid dienone is 1. The van der Waals surface area contributed by atoms with Gasteiger partial charge >= 0.3 is 12.1 Å². The number of carbonyl (C=O) groups is 2. The number of ether oxygens (including phenoxy) is 1. The fraction of sp³-hybridized carbons (Fsp3) is 0.714. The standard InChI is InChI=1S/C14H21F2NO4/c1-5-14(15,16)13(8-10(18)19)6-7-17(9-13)11(20)21-12(2,3)4/h5H,1,6-9H2,2-4H3,(H,18,19). The Morgan fingerprint density at radius 1 is 1.43 bits per heavy atom. The van der Waals surface area contributed by atoms with Crippen LogP contribution in [0, 0.1) is 5.41 Å². The highest BCUT2D eigenvalue weighted by molar-refractivity contribution is 5.71. The van der Waals surface area contributed by atoms with Gasteiger partial charge in [-0.05, 0) is 33.3 Å². The number of aliphatic carboxylic acids is 1. The first-order valence-corrected chi connectivity index (χ1v) is 6.64. The van der Waals surface area contributed by atoms with Crippen molar-refractivity contribution in [1.82, 2.24) is 4.90 Å². The molecule has 0 bridgehead atoms. The van der Waals surface area contributed by atoms with E-state index in [0.717, 1.165) is 4.90 Å². The Labute approximate surface area is 122 Å². The van der Waals surface area contributed by atoms with Crippen LogP contribution in [0.2, 0.25) is 0 Å². The zero-order valence-electron chi connectivity index (χ0n) is 12.5. The lowest BCUT2D eigenvalue weighted by molar-refractivity contribution is -0.148. The minimum atomic E-state index is -3.37. The third-order valence-electron chi connectivity index (χ3n) is 3.46. The lowest BCUT2D eigenvalue weighted by atomic mass is 9.77. The van der Waals surface area contributed by atoms with Crippen molar-refractivity contribution in [3.05, 3.63) is 12.7 Å². The molecular weight excluding hydrogens is 284 g/mol. The first kappa shape index (κ1) is 17.4. The summed E-state index contributed by atoms with van der Waals surface area (Å²) < 4.78 is 33.3. The van der Waals surface area contributed by atoms with Gasteiger partial charge in [0.1, 0.15) is 5.60 Å². The van der Waals surface area contributed by atoms with Gasteiger partial charge in [0, 0.05) is 13.1 Å². The van der Waals surface area contributed by atoms with E-state index in [1.807, 2.05) is 0 Å². The summed E-state index contributed by atoms with van der Waals surface area (Å²) in [6.07, 6.45) is -1.10. The van der Waals surface area contributed by atoms with E-state index in [9.17, 15) is 18.4 Å². The largest absolute Gasteiger partial charge is 0.481 e. The number of likely N-dealkylation sites (tertiary alicyclic amines) is 1. The van der Waals surface area contributed by atoms with Crippen molar-refractivity contribution in [2.45, 2.75) is 45.1 Å². The summed E-state index contributed by atoms with van der Waals surface area (Å²) in [6, 6.07) is 0. The summed E-state index contributed by atoms with van der Waals surface area (Å²) in [5.41, 5.74) is -2.58. The van der Waals surface area contributed by atoms with Crippen molar-refractivity contribution in [1.29, 1.82) is 0 Å². The van der Waals surface area contributed by atoms with Gasteiger partial charge in [0.15, 0.2) is 0 Å². The van der Waals surface area contributed by atoms with Crippen LogP contribution in [-0.2, 0) is 9.53 Å². The second kappa shape index (κ2) is 5.61. The highest BCUT2D eigenvalue weighted by Gasteiger charge is 2.57. The molecule has 1 N–H and O–H groups in total. The van der Waals surface area contributed by atoms with E-state index in [2.05, 4.69) is 6.58 Å². The lowest BCUT2D eigenvalue weighted by Gasteiger charge is -2.34. The van der Waals surface area contributed by atoms with Crippen LogP contribution >= 0.6 is 0 Å². The van der Waals surface area contributed by atoms with Crippen molar-refractivity contribution in [3.63, 3.8) is 0 Å². The van der Waals surface area contributed by atoms with Crippen LogP contribution in [0.1, 0.15) is 33.6 Å². The molecule has 1 unspecified atom stereocenters. The topological polar surface area (TPSA) is 66.8 Å². The molecule has 21 heavy (non-hydrogen) atoms. The molecule has 1 saturated heterocycles. The van der Waals surface area contributed by atoms with Crippen molar-refractivity contribution < 1.29 is 28.2 Å². The van der Waals surface area contributed by atoms with E-state index < -0.39 is 35.4 Å². The second-order valence-corrected chi connectivity index (χ2v) is 6.33. The molecule has 0 radical (unpaired) electrons. The predicted molar refractivity (Wildman–Crippen MR) is 72.3 cm³/mol. The molecule has 0 spiro atoms. The van der Waals surface area contributed by atoms with E-state index in [1.165, 1.54) is 0 Å². The van der Waals surface area contributed by atoms with Crippen LogP contribution in [-0.4, -0.2) is 46.7 Å². The van der Waals surface area contributed by atoms with Gasteiger partial charge in [0.05, 0.1) is 11.8 Å². The van der Waals surface area contributed by atoms with Gasteiger partial charge in [-0.15, -0.1) is 0 Å². The molecule has 120 valence electrons. The minimum Gasteiger partial charge on any atom is -0.481 e. The van der Waals surface area contributed by atoms with E-state index >= 15 is 0 Å². The smallest absolute Gasteiger partial charge is 0.410 e. The van der Waals surface area contributed by atoms with Crippen LogP contribution in [0.15, 0.2) is 12.7 Å². The Morgan fingerprint density at radius 2 is 2.00 bits per heavy atom. The second-order valence-electron chi connectivity index (χ2n) is 6.33. The van der Waals surface area contributed by atoms with Gasteiger partial charge in [-0.3, -0.25) is 4.79 Å². The van der Waals surface area contributed by atoms with Crippen LogP contribution in [0.4, 0.5) is 13.6 Å². The molecule has 0 aromatic carbocycles. The molecule has 1 fully saturated rings. The van der Waals surface area contributed by atoms with Crippen molar-refractivity contribution >= 4 is 12.1 Å². The molecule has 1 rings (SSSR count). The van der Waals surface area contributed by atoms with E-state index in [4.69, 9.17) is 9.84 Å². The maximum atomic E-state index is 14.1. The Bertz CT molecular complexity index is 445. The highest BCUT2D eigenvalue weighted by Crippen LogP contribution is 2.48. The third kappa shape index (κ3) is 3.92. The molecule has 0 aromatic heterocycles. The third-order valence-corrected chi connectivity index (χ3v) is 3.46. The maximum Gasteiger partial charge on any atom is 0.410 e. The van der Waals surface area contributed by atoms with Crippen LogP contribution in [0.25, 0.3) is 0 Å². The minimum absolute atomic E-state index is 0.0334. The SMILES string of the molecule is C=CC(F)(F)C1(CC(=O)O)CCN(C(=O)OC(C)(C)C)C1. The highest BCUT2D eigenvalue weighted by atomic mass is 19.3. The first-order valence-electron chi connectivity index (χ1n) is 6.64. The molecule has 5 nitrogen and oxygen atoms in total. The van der Waals surface area contributed by atoms with Gasteiger partial charge in [-0.2, -0.15) is 0 Å². The molecule has 7 heteroatoms. The Kier molecular flexibility index (Phi) is 4.65. The number of nitrogens with zero attached hydrogens (tertiary/aromatic N) is 1. The van der Waals surface area contributed by atoms with E-state index in [1.54, 1.807) is 20.8 Å². The van der Waals surface area contributed by atoms with Gasteiger partial charge in [-0.1, -0.05) is 6.58 Å². The average Bonchev–Trinajstić information content (AvgIpc) is 2.72. The van der Waals surface area contributed by atoms with Crippen molar-refractivity contribution in [2.24, 2.45) is 5.41 Å². The average molecular weight is 305 g/mol. The predicted octanol–water partition coefficient (Wildman–Crippen LogP) is 2.91. The summed E-state index contributed by atoms with van der Waals surface area (Å²) in [6.45, 7) is 7.76. The van der Waals surface area contributed by atoms with E-state index in [-0.39, 0.29) is 19.5 Å². The molecule has 1 aliphatic heterocycles. The fourth-order valence-corrected chi connectivity index (χ4v) is 2.39. The Balaban J connectivity index is 2.94. The number of rotatable bonds is 4. The molecule has 1 aliphatic rings. The molecule has 1 atom stereocenters. The number of amides is 1. The number of carboxylic acids is 1. The van der Waals surface area contributed by atoms with Crippen LogP contribution < -0.4 is 0 Å². The number of hydrogen-bond acceptors (Lipinski definition) is 3. The van der Waals surface area contributed by atoms with Crippen molar-refractivity contribution in [2.75, 3.05) is 13.1 Å². The van der Waals surface area contributed by atoms with Crippen LogP contribution in [0.5, 0.6) is 0 Å². The molecule has 0 aliphatic carbocycles. The fourth-order valence-electron chi connectivity index (χ4n) is 2.39. The lowest BCUT2D eigenvalue weighted by Crippen LogP contribution is -2.45. The maximum absolute atomic E-state index is 14.1. The van der Waals surface area contributed by atoms with Gasteiger partial charge in [0.2, 0.25) is 0 Å². The van der Waals surface area contributed by atoms with Gasteiger partial charge < -0.3 is 14.7 Å². The number of hydrogen-bond donors (Lipinski definition) is 1. The van der Waals surface area contributed by atoms with E-state index in [0.29, 0.717) is 6.08 Å². The van der Waals surface area contributed by atoms with Crippen molar-refractivity contribution in [3.8, 4) is 0 Å². The molecule has 1 heterocycles. The summed E-state index contributed by atoms with van der Waals surface area (Å²) in [4.78, 5) is 24.0. The first-order chi connectivity index (χ1) is 9.42. The molecule has 1 amide bonds. The summed E-state index contributed by atoms with van der Waals surface area (Å²) in [5.74, 6) is -4.70. The number of carbonyl (C=O) groups excluding carboxylic acids is 1. The van der Waals surface area contributed by atoms with Gasteiger partial charge in [0.25, 0.3) is 5.92 Å². The molecule has 0 aromatic rings. The normalized spacial score (nSPS) is 23.0. The monoisotopic (exact) mass is 305 g/mol. The van der Waals surface area contributed by atoms with Crippen LogP contribution in [0.3, 0.4) is 0 Å². The summed E-state index contributed by atoms with van der Waals surface area (Å²) >= 11 is 0. The van der Waals surface area contributed by atoms with Gasteiger partial charge in [-0.25, -0.2) is 13.6 Å². The Hall–Kier alpha value is -1.66. The zero-order valence-corrected chi connectivity index (χ0v) is 12.5.